The summed E-state index contributed by atoms with van der Waals surface area (Å²) in [6, 6.07) is 3.88. The zero-order valence-corrected chi connectivity index (χ0v) is 16.0. The van der Waals surface area contributed by atoms with E-state index >= 15 is 0 Å². The van der Waals surface area contributed by atoms with Gasteiger partial charge >= 0.3 is 6.03 Å². The van der Waals surface area contributed by atoms with E-state index in [0.717, 1.165) is 58.2 Å². The Bertz CT molecular complexity index is 642. The number of benzene rings is 1. The van der Waals surface area contributed by atoms with E-state index < -0.39 is 11.6 Å². The summed E-state index contributed by atoms with van der Waals surface area (Å²) in [5.41, 5.74) is 0.693. The molecule has 5 nitrogen and oxygen atoms in total. The van der Waals surface area contributed by atoms with Crippen LogP contribution in [-0.2, 0) is 0 Å². The number of carbonyl (C=O) groups is 1. The largest absolute Gasteiger partial charge is 0.371 e. The van der Waals surface area contributed by atoms with Gasteiger partial charge in [-0.3, -0.25) is 0 Å². The highest BCUT2D eigenvalue weighted by molar-refractivity contribution is 5.73. The second kappa shape index (κ2) is 9.35. The van der Waals surface area contributed by atoms with Crippen LogP contribution in [0.3, 0.4) is 0 Å². The van der Waals surface area contributed by atoms with Crippen molar-refractivity contribution in [3.05, 3.63) is 29.8 Å². The van der Waals surface area contributed by atoms with Gasteiger partial charge in [0, 0.05) is 44.5 Å². The Hall–Kier alpha value is -1.89. The lowest BCUT2D eigenvalue weighted by Gasteiger charge is -2.19. The summed E-state index contributed by atoms with van der Waals surface area (Å²) in [5, 5.41) is 5.94. The molecular weight excluding hydrogens is 350 g/mol. The van der Waals surface area contributed by atoms with Crippen molar-refractivity contribution in [3.63, 3.8) is 0 Å². The van der Waals surface area contributed by atoms with Gasteiger partial charge in [-0.2, -0.15) is 0 Å². The van der Waals surface area contributed by atoms with Gasteiger partial charge in [0.25, 0.3) is 0 Å². The van der Waals surface area contributed by atoms with Gasteiger partial charge < -0.3 is 20.4 Å². The smallest absolute Gasteiger partial charge is 0.314 e. The third-order valence-corrected chi connectivity index (χ3v) is 5.57. The predicted octanol–water partition coefficient (Wildman–Crippen LogP) is 2.82. The van der Waals surface area contributed by atoms with Gasteiger partial charge in [0.2, 0.25) is 0 Å². The molecule has 0 bridgehead atoms. The number of rotatable bonds is 7. The molecule has 27 heavy (non-hydrogen) atoms. The van der Waals surface area contributed by atoms with Gasteiger partial charge in [-0.25, -0.2) is 13.6 Å². The highest BCUT2D eigenvalue weighted by Gasteiger charge is 2.25. The molecule has 2 aliphatic heterocycles. The maximum atomic E-state index is 13.4. The number of halogens is 2. The van der Waals surface area contributed by atoms with Crippen LogP contribution in [-0.4, -0.2) is 56.7 Å². The Morgan fingerprint density at radius 1 is 1.07 bits per heavy atom. The minimum atomic E-state index is -0.826. The number of likely N-dealkylation sites (tertiary alicyclic amines) is 1. The molecule has 2 saturated heterocycles. The second-order valence-corrected chi connectivity index (χ2v) is 7.75. The summed E-state index contributed by atoms with van der Waals surface area (Å²) in [6.07, 6.45) is 3.24. The zero-order valence-electron chi connectivity index (χ0n) is 16.0. The van der Waals surface area contributed by atoms with Crippen LogP contribution in [0.1, 0.15) is 26.2 Å². The van der Waals surface area contributed by atoms with Crippen molar-refractivity contribution in [3.8, 4) is 0 Å². The minimum absolute atomic E-state index is 0.116. The molecule has 150 valence electrons. The fourth-order valence-corrected chi connectivity index (χ4v) is 4.05. The minimum Gasteiger partial charge on any atom is -0.371 e. The van der Waals surface area contributed by atoms with Crippen LogP contribution >= 0.6 is 0 Å². The first-order chi connectivity index (χ1) is 13.0. The molecule has 0 aliphatic carbocycles. The molecule has 7 heteroatoms. The number of nitrogens with one attached hydrogen (secondary N) is 2. The topological polar surface area (TPSA) is 47.6 Å². The van der Waals surface area contributed by atoms with Crippen LogP contribution in [0.2, 0.25) is 0 Å². The van der Waals surface area contributed by atoms with E-state index in [1.54, 1.807) is 6.07 Å². The fraction of sp³-hybridized carbons (Fsp3) is 0.650. The average Bonchev–Trinajstić information content (AvgIpc) is 3.30. The molecule has 0 saturated carbocycles. The predicted molar refractivity (Wildman–Crippen MR) is 103 cm³/mol. The quantitative estimate of drug-likeness (QED) is 0.765. The van der Waals surface area contributed by atoms with Crippen molar-refractivity contribution in [2.45, 2.75) is 26.2 Å². The Labute approximate surface area is 160 Å². The van der Waals surface area contributed by atoms with E-state index in [9.17, 15) is 13.6 Å². The molecule has 1 aromatic carbocycles. The summed E-state index contributed by atoms with van der Waals surface area (Å²) in [4.78, 5) is 16.5. The number of urea groups is 1. The van der Waals surface area contributed by atoms with Crippen LogP contribution in [0, 0.1) is 23.5 Å². The third kappa shape index (κ3) is 5.54. The first-order valence-corrected chi connectivity index (χ1v) is 9.99. The van der Waals surface area contributed by atoms with E-state index in [-0.39, 0.29) is 6.03 Å². The molecule has 2 unspecified atom stereocenters. The van der Waals surface area contributed by atoms with Crippen molar-refractivity contribution in [2.75, 3.05) is 50.7 Å². The number of hydrogen-bond donors (Lipinski definition) is 2. The van der Waals surface area contributed by atoms with E-state index in [0.29, 0.717) is 24.1 Å². The van der Waals surface area contributed by atoms with Gasteiger partial charge in [-0.05, 0) is 56.3 Å². The summed E-state index contributed by atoms with van der Waals surface area (Å²) >= 11 is 0. The molecule has 0 radical (unpaired) electrons. The lowest BCUT2D eigenvalue weighted by Crippen LogP contribution is -2.41. The SMILES string of the molecule is CCCN1CCC(CNC(=O)NCC2CCN(c3ccc(F)c(F)c3)C2)C1. The highest BCUT2D eigenvalue weighted by atomic mass is 19.2. The normalized spacial score (nSPS) is 23.0. The standard InChI is InChI=1S/C20H30F2N4O/c1-2-7-25-8-5-15(13-25)11-23-20(27)24-12-16-6-9-26(14-16)17-3-4-18(21)19(22)10-17/h3-4,10,15-16H,2,5-9,11-14H2,1H3,(H2,23,24,27). The molecule has 2 atom stereocenters. The zero-order chi connectivity index (χ0) is 19.2. The molecule has 2 fully saturated rings. The lowest BCUT2D eigenvalue weighted by atomic mass is 10.1. The molecule has 0 aromatic heterocycles. The van der Waals surface area contributed by atoms with E-state index in [1.807, 2.05) is 4.90 Å². The summed E-state index contributed by atoms with van der Waals surface area (Å²) in [6.45, 7) is 8.36. The number of nitrogens with zero attached hydrogens (tertiary/aromatic N) is 2. The first-order valence-electron chi connectivity index (χ1n) is 9.99. The molecule has 2 amide bonds. The maximum Gasteiger partial charge on any atom is 0.314 e. The molecular formula is C20H30F2N4O. The van der Waals surface area contributed by atoms with Crippen LogP contribution in [0.5, 0.6) is 0 Å². The molecule has 2 N–H and O–H groups in total. The molecule has 3 rings (SSSR count). The van der Waals surface area contributed by atoms with Gasteiger partial charge in [-0.1, -0.05) is 6.92 Å². The highest BCUT2D eigenvalue weighted by Crippen LogP contribution is 2.25. The molecule has 0 spiro atoms. The fourth-order valence-electron chi connectivity index (χ4n) is 4.05. The van der Waals surface area contributed by atoms with Gasteiger partial charge in [0.15, 0.2) is 11.6 Å². The van der Waals surface area contributed by atoms with Gasteiger partial charge in [-0.15, -0.1) is 0 Å². The third-order valence-electron chi connectivity index (χ3n) is 5.57. The van der Waals surface area contributed by atoms with Crippen LogP contribution in [0.15, 0.2) is 18.2 Å². The van der Waals surface area contributed by atoms with Crippen LogP contribution in [0.25, 0.3) is 0 Å². The molecule has 2 aliphatic rings. The first kappa shape index (κ1) is 19.9. The van der Waals surface area contributed by atoms with Crippen molar-refractivity contribution >= 4 is 11.7 Å². The van der Waals surface area contributed by atoms with Crippen molar-refractivity contribution in [1.82, 2.24) is 15.5 Å². The van der Waals surface area contributed by atoms with Gasteiger partial charge in [0.1, 0.15) is 0 Å². The Morgan fingerprint density at radius 3 is 2.48 bits per heavy atom. The summed E-state index contributed by atoms with van der Waals surface area (Å²) < 4.78 is 26.5. The monoisotopic (exact) mass is 380 g/mol. The van der Waals surface area contributed by atoms with E-state index in [1.165, 1.54) is 12.5 Å². The van der Waals surface area contributed by atoms with E-state index in [4.69, 9.17) is 0 Å². The molecule has 2 heterocycles. The Morgan fingerprint density at radius 2 is 1.78 bits per heavy atom. The van der Waals surface area contributed by atoms with Crippen molar-refractivity contribution < 1.29 is 13.6 Å². The Balaban J connectivity index is 1.34. The number of amides is 2. The van der Waals surface area contributed by atoms with Crippen molar-refractivity contribution in [1.29, 1.82) is 0 Å². The number of hydrogen-bond acceptors (Lipinski definition) is 3. The van der Waals surface area contributed by atoms with Crippen LogP contribution in [0.4, 0.5) is 19.3 Å². The van der Waals surface area contributed by atoms with Crippen LogP contribution < -0.4 is 15.5 Å². The number of carbonyl (C=O) groups excluding carboxylic acids is 1. The number of anilines is 1. The summed E-state index contributed by atoms with van der Waals surface area (Å²) in [5.74, 6) is -0.793. The Kier molecular flexibility index (Phi) is 6.88. The molecule has 1 aromatic rings. The lowest BCUT2D eigenvalue weighted by molar-refractivity contribution is 0.237. The van der Waals surface area contributed by atoms with Crippen molar-refractivity contribution in [2.24, 2.45) is 11.8 Å². The summed E-state index contributed by atoms with van der Waals surface area (Å²) in [7, 11) is 0. The maximum absolute atomic E-state index is 13.4. The van der Waals surface area contributed by atoms with E-state index in [2.05, 4.69) is 22.5 Å². The van der Waals surface area contributed by atoms with Gasteiger partial charge in [0.05, 0.1) is 0 Å². The second-order valence-electron chi connectivity index (χ2n) is 7.75. The average molecular weight is 380 g/mol.